The van der Waals surface area contributed by atoms with Gasteiger partial charge < -0.3 is 4.74 Å². The van der Waals surface area contributed by atoms with E-state index in [1.165, 1.54) is 16.7 Å². The van der Waals surface area contributed by atoms with E-state index in [0.29, 0.717) is 23.2 Å². The number of thioether (sulfide) groups is 1. The van der Waals surface area contributed by atoms with E-state index in [9.17, 15) is 9.59 Å². The second kappa shape index (κ2) is 6.78. The number of hydrogen-bond acceptors (Lipinski definition) is 6. The van der Waals surface area contributed by atoms with Gasteiger partial charge in [0, 0.05) is 18.8 Å². The Morgan fingerprint density at radius 1 is 1.22 bits per heavy atom. The molecule has 0 aliphatic carbocycles. The van der Waals surface area contributed by atoms with Gasteiger partial charge in [0.15, 0.2) is 5.16 Å². The molecule has 1 aromatic heterocycles. The van der Waals surface area contributed by atoms with Crippen LogP contribution in [0.3, 0.4) is 0 Å². The lowest BCUT2D eigenvalue weighted by Gasteiger charge is -2.15. The smallest absolute Gasteiger partial charge is 0.247 e. The van der Waals surface area contributed by atoms with Gasteiger partial charge in [-0.05, 0) is 37.3 Å². The fraction of sp³-hybridized carbons (Fsp3) is 0.250. The van der Waals surface area contributed by atoms with Crippen molar-refractivity contribution in [1.29, 1.82) is 0 Å². The van der Waals surface area contributed by atoms with Crippen molar-refractivity contribution in [3.63, 3.8) is 0 Å². The lowest BCUT2D eigenvalue weighted by Crippen LogP contribution is -2.31. The van der Waals surface area contributed by atoms with Crippen LogP contribution in [0.15, 0.2) is 47.9 Å². The van der Waals surface area contributed by atoms with Gasteiger partial charge in [-0.2, -0.15) is 0 Å². The maximum absolute atomic E-state index is 12.5. The van der Waals surface area contributed by atoms with Crippen molar-refractivity contribution in [2.45, 2.75) is 23.8 Å². The standard InChI is InChI=1S/C16H15N3O3S/c1-2-22-12-6-4-11(5-7-12)19-14(20)10-13(15(19)21)23-16-17-8-3-9-18-16/h3-9,13H,2,10H2,1H3/t13-/m0/s1. The van der Waals surface area contributed by atoms with Crippen molar-refractivity contribution >= 4 is 29.3 Å². The lowest BCUT2D eigenvalue weighted by molar-refractivity contribution is -0.121. The van der Waals surface area contributed by atoms with Crippen LogP contribution < -0.4 is 9.64 Å². The van der Waals surface area contributed by atoms with Crippen LogP contribution >= 0.6 is 11.8 Å². The van der Waals surface area contributed by atoms with Crippen LogP contribution in [0.5, 0.6) is 5.75 Å². The Kier molecular flexibility index (Phi) is 4.57. The van der Waals surface area contributed by atoms with Crippen molar-refractivity contribution in [2.24, 2.45) is 0 Å². The Labute approximate surface area is 137 Å². The molecule has 23 heavy (non-hydrogen) atoms. The van der Waals surface area contributed by atoms with E-state index in [1.807, 2.05) is 6.92 Å². The summed E-state index contributed by atoms with van der Waals surface area (Å²) in [4.78, 5) is 34.1. The normalized spacial score (nSPS) is 17.6. The third-order valence-corrected chi connectivity index (χ3v) is 4.38. The molecule has 1 saturated heterocycles. The summed E-state index contributed by atoms with van der Waals surface area (Å²) >= 11 is 1.21. The van der Waals surface area contributed by atoms with Crippen molar-refractivity contribution in [3.8, 4) is 5.75 Å². The van der Waals surface area contributed by atoms with Gasteiger partial charge in [-0.15, -0.1) is 0 Å². The van der Waals surface area contributed by atoms with E-state index in [4.69, 9.17) is 4.74 Å². The minimum atomic E-state index is -0.489. The molecule has 0 N–H and O–H groups in total. The first-order valence-electron chi connectivity index (χ1n) is 7.22. The molecule has 7 heteroatoms. The second-order valence-corrected chi connectivity index (χ2v) is 6.01. The summed E-state index contributed by atoms with van der Waals surface area (Å²) in [7, 11) is 0. The number of hydrogen-bond donors (Lipinski definition) is 0. The van der Waals surface area contributed by atoms with E-state index in [-0.39, 0.29) is 18.2 Å². The van der Waals surface area contributed by atoms with Gasteiger partial charge in [0.2, 0.25) is 11.8 Å². The summed E-state index contributed by atoms with van der Waals surface area (Å²) in [5.74, 6) is 0.253. The molecule has 0 spiro atoms. The molecule has 2 heterocycles. The molecular formula is C16H15N3O3S. The largest absolute Gasteiger partial charge is 0.494 e. The predicted molar refractivity (Wildman–Crippen MR) is 86.4 cm³/mol. The van der Waals surface area contributed by atoms with Crippen molar-refractivity contribution in [1.82, 2.24) is 9.97 Å². The Hall–Kier alpha value is -2.41. The van der Waals surface area contributed by atoms with E-state index in [2.05, 4.69) is 9.97 Å². The highest BCUT2D eigenvalue weighted by Crippen LogP contribution is 2.32. The first-order valence-corrected chi connectivity index (χ1v) is 8.10. The summed E-state index contributed by atoms with van der Waals surface area (Å²) < 4.78 is 5.37. The van der Waals surface area contributed by atoms with E-state index in [0.717, 1.165) is 0 Å². The highest BCUT2D eigenvalue weighted by atomic mass is 32.2. The average Bonchev–Trinajstić information content (AvgIpc) is 2.84. The number of ether oxygens (including phenoxy) is 1. The number of imide groups is 1. The van der Waals surface area contributed by atoms with Crippen molar-refractivity contribution in [3.05, 3.63) is 42.7 Å². The molecule has 6 nitrogen and oxygen atoms in total. The van der Waals surface area contributed by atoms with Gasteiger partial charge in [0.05, 0.1) is 12.3 Å². The topological polar surface area (TPSA) is 72.4 Å². The Bertz CT molecular complexity index is 706. The maximum atomic E-state index is 12.5. The zero-order valence-electron chi connectivity index (χ0n) is 12.5. The minimum Gasteiger partial charge on any atom is -0.494 e. The zero-order valence-corrected chi connectivity index (χ0v) is 13.3. The molecule has 0 radical (unpaired) electrons. The van der Waals surface area contributed by atoms with Crippen molar-refractivity contribution < 1.29 is 14.3 Å². The van der Waals surface area contributed by atoms with E-state index >= 15 is 0 Å². The molecule has 1 aromatic carbocycles. The number of aromatic nitrogens is 2. The van der Waals surface area contributed by atoms with E-state index < -0.39 is 5.25 Å². The second-order valence-electron chi connectivity index (χ2n) is 4.84. The summed E-state index contributed by atoms with van der Waals surface area (Å²) in [6.07, 6.45) is 3.37. The number of carbonyl (C=O) groups excluding carboxylic acids is 2. The Morgan fingerprint density at radius 3 is 2.57 bits per heavy atom. The molecule has 1 aliphatic rings. The van der Waals surface area contributed by atoms with Gasteiger partial charge >= 0.3 is 0 Å². The number of anilines is 1. The summed E-state index contributed by atoms with van der Waals surface area (Å²) in [5, 5.41) is 0.00339. The van der Waals surface area contributed by atoms with Gasteiger partial charge in [0.25, 0.3) is 0 Å². The molecule has 2 amide bonds. The van der Waals surface area contributed by atoms with Crippen LogP contribution in [-0.4, -0.2) is 33.6 Å². The summed E-state index contributed by atoms with van der Waals surface area (Å²) in [6, 6.07) is 8.64. The molecule has 1 atom stereocenters. The highest BCUT2D eigenvalue weighted by molar-refractivity contribution is 8.00. The van der Waals surface area contributed by atoms with Gasteiger partial charge in [-0.25, -0.2) is 14.9 Å². The van der Waals surface area contributed by atoms with Gasteiger partial charge in [0.1, 0.15) is 11.0 Å². The van der Waals surface area contributed by atoms with Gasteiger partial charge in [-0.1, -0.05) is 11.8 Å². The molecule has 0 unspecified atom stereocenters. The van der Waals surface area contributed by atoms with Crippen LogP contribution in [0.25, 0.3) is 0 Å². The molecule has 118 valence electrons. The number of rotatable bonds is 5. The number of amides is 2. The monoisotopic (exact) mass is 329 g/mol. The van der Waals surface area contributed by atoms with Crippen LogP contribution in [0.4, 0.5) is 5.69 Å². The van der Waals surface area contributed by atoms with Crippen LogP contribution in [0.2, 0.25) is 0 Å². The number of nitrogens with zero attached hydrogens (tertiary/aromatic N) is 3. The first-order chi connectivity index (χ1) is 11.2. The van der Waals surface area contributed by atoms with Crippen LogP contribution in [-0.2, 0) is 9.59 Å². The molecule has 0 bridgehead atoms. The fourth-order valence-corrected chi connectivity index (χ4v) is 3.23. The molecule has 0 saturated carbocycles. The molecule has 1 aliphatic heterocycles. The molecular weight excluding hydrogens is 314 g/mol. The van der Waals surface area contributed by atoms with Crippen LogP contribution in [0.1, 0.15) is 13.3 Å². The molecule has 1 fully saturated rings. The number of carbonyl (C=O) groups is 2. The average molecular weight is 329 g/mol. The Balaban J connectivity index is 1.76. The zero-order chi connectivity index (χ0) is 16.2. The summed E-state index contributed by atoms with van der Waals surface area (Å²) in [6.45, 7) is 2.46. The summed E-state index contributed by atoms with van der Waals surface area (Å²) in [5.41, 5.74) is 0.556. The molecule has 3 rings (SSSR count). The van der Waals surface area contributed by atoms with Gasteiger partial charge in [-0.3, -0.25) is 9.59 Å². The lowest BCUT2D eigenvalue weighted by atomic mass is 10.3. The highest BCUT2D eigenvalue weighted by Gasteiger charge is 2.40. The SMILES string of the molecule is CCOc1ccc(N2C(=O)C[C@H](Sc3ncccn3)C2=O)cc1. The third-order valence-electron chi connectivity index (χ3n) is 3.30. The first kappa shape index (κ1) is 15.5. The quantitative estimate of drug-likeness (QED) is 0.619. The predicted octanol–water partition coefficient (Wildman–Crippen LogP) is 2.30. The fourth-order valence-electron chi connectivity index (χ4n) is 2.30. The van der Waals surface area contributed by atoms with Crippen molar-refractivity contribution in [2.75, 3.05) is 11.5 Å². The number of benzene rings is 1. The van der Waals surface area contributed by atoms with E-state index in [1.54, 1.807) is 42.7 Å². The minimum absolute atomic E-state index is 0.148. The Morgan fingerprint density at radius 2 is 1.91 bits per heavy atom. The third kappa shape index (κ3) is 3.34. The maximum Gasteiger partial charge on any atom is 0.247 e. The molecule has 2 aromatic rings. The van der Waals surface area contributed by atoms with Crippen LogP contribution in [0, 0.1) is 0 Å².